The van der Waals surface area contributed by atoms with Gasteiger partial charge in [0.05, 0.1) is 5.56 Å². The molecule has 3 rings (SSSR count). The fourth-order valence-corrected chi connectivity index (χ4v) is 2.36. The Hall–Kier alpha value is -2.62. The second-order valence-corrected chi connectivity index (χ2v) is 4.92. The van der Waals surface area contributed by atoms with E-state index in [1.54, 1.807) is 6.20 Å². The molecule has 0 N–H and O–H groups in total. The van der Waals surface area contributed by atoms with Crippen molar-refractivity contribution in [3.8, 4) is 0 Å². The third-order valence-corrected chi connectivity index (χ3v) is 3.52. The Bertz CT molecular complexity index is 749. The standard InChI is InChI=1S/C17H17N3O/c1-2-19(12-14-6-4-3-5-7-14)17(21)15-8-9-16-18-10-11-20(16)13-15/h3-11,13H,2,12H2,1H3. The maximum Gasteiger partial charge on any atom is 0.255 e. The fourth-order valence-electron chi connectivity index (χ4n) is 2.36. The predicted molar refractivity (Wildman–Crippen MR) is 82.0 cm³/mol. The van der Waals surface area contributed by atoms with Crippen LogP contribution in [-0.4, -0.2) is 26.7 Å². The molecule has 0 aliphatic heterocycles. The number of carbonyl (C=O) groups excluding carboxylic acids is 1. The summed E-state index contributed by atoms with van der Waals surface area (Å²) in [6, 6.07) is 13.7. The number of pyridine rings is 1. The molecule has 106 valence electrons. The smallest absolute Gasteiger partial charge is 0.255 e. The topological polar surface area (TPSA) is 37.6 Å². The van der Waals surface area contributed by atoms with Gasteiger partial charge in [0.25, 0.3) is 5.91 Å². The van der Waals surface area contributed by atoms with E-state index < -0.39 is 0 Å². The molecule has 2 heterocycles. The molecule has 0 fully saturated rings. The first-order valence-corrected chi connectivity index (χ1v) is 7.04. The number of carbonyl (C=O) groups is 1. The second-order valence-electron chi connectivity index (χ2n) is 4.92. The van der Waals surface area contributed by atoms with E-state index >= 15 is 0 Å². The van der Waals surface area contributed by atoms with Crippen LogP contribution in [0.25, 0.3) is 5.65 Å². The summed E-state index contributed by atoms with van der Waals surface area (Å²) in [6.07, 6.45) is 5.41. The van der Waals surface area contributed by atoms with Gasteiger partial charge in [-0.1, -0.05) is 30.3 Å². The van der Waals surface area contributed by atoms with Crippen molar-refractivity contribution in [1.82, 2.24) is 14.3 Å². The Morgan fingerprint density at radius 2 is 2.00 bits per heavy atom. The molecule has 0 bridgehead atoms. The van der Waals surface area contributed by atoms with Gasteiger partial charge in [-0.2, -0.15) is 0 Å². The van der Waals surface area contributed by atoms with Gasteiger partial charge in [0.1, 0.15) is 5.65 Å². The minimum Gasteiger partial charge on any atom is -0.335 e. The van der Waals surface area contributed by atoms with Crippen molar-refractivity contribution >= 4 is 11.6 Å². The Labute approximate surface area is 123 Å². The number of imidazole rings is 1. The number of aromatic nitrogens is 2. The number of nitrogens with zero attached hydrogens (tertiary/aromatic N) is 3. The van der Waals surface area contributed by atoms with Crippen LogP contribution in [0.1, 0.15) is 22.8 Å². The van der Waals surface area contributed by atoms with E-state index in [1.807, 2.05) is 71.1 Å². The first-order chi connectivity index (χ1) is 10.3. The zero-order valence-corrected chi connectivity index (χ0v) is 11.9. The SMILES string of the molecule is CCN(Cc1ccccc1)C(=O)c1ccc2nccn2c1. The fraction of sp³-hybridized carbons (Fsp3) is 0.176. The quantitative estimate of drug-likeness (QED) is 0.736. The molecule has 0 radical (unpaired) electrons. The van der Waals surface area contributed by atoms with E-state index in [2.05, 4.69) is 4.98 Å². The van der Waals surface area contributed by atoms with Crippen LogP contribution in [0.15, 0.2) is 61.1 Å². The average molecular weight is 279 g/mol. The van der Waals surface area contributed by atoms with Gasteiger partial charge in [-0.15, -0.1) is 0 Å². The minimum atomic E-state index is 0.0388. The number of benzene rings is 1. The molecule has 0 aliphatic rings. The van der Waals surface area contributed by atoms with E-state index in [4.69, 9.17) is 0 Å². The van der Waals surface area contributed by atoms with Gasteiger partial charge in [0, 0.05) is 31.7 Å². The van der Waals surface area contributed by atoms with Gasteiger partial charge < -0.3 is 9.30 Å². The van der Waals surface area contributed by atoms with E-state index in [1.165, 1.54) is 0 Å². The number of hydrogen-bond acceptors (Lipinski definition) is 2. The molecule has 4 nitrogen and oxygen atoms in total. The van der Waals surface area contributed by atoms with Crippen LogP contribution in [-0.2, 0) is 6.54 Å². The summed E-state index contributed by atoms with van der Waals surface area (Å²) in [7, 11) is 0. The van der Waals surface area contributed by atoms with E-state index in [0.29, 0.717) is 18.7 Å². The van der Waals surface area contributed by atoms with Gasteiger partial charge in [0.2, 0.25) is 0 Å². The number of rotatable bonds is 4. The van der Waals surface area contributed by atoms with Crippen molar-refractivity contribution in [3.05, 3.63) is 72.2 Å². The summed E-state index contributed by atoms with van der Waals surface area (Å²) in [5.41, 5.74) is 2.66. The number of hydrogen-bond donors (Lipinski definition) is 0. The molecule has 0 atom stereocenters. The van der Waals surface area contributed by atoms with E-state index in [0.717, 1.165) is 11.2 Å². The highest BCUT2D eigenvalue weighted by Gasteiger charge is 2.15. The maximum absolute atomic E-state index is 12.6. The molecular formula is C17H17N3O. The first-order valence-electron chi connectivity index (χ1n) is 7.04. The average Bonchev–Trinajstić information content (AvgIpc) is 3.00. The highest BCUT2D eigenvalue weighted by Crippen LogP contribution is 2.11. The summed E-state index contributed by atoms with van der Waals surface area (Å²) >= 11 is 0. The van der Waals surface area contributed by atoms with Crippen LogP contribution in [0.2, 0.25) is 0 Å². The van der Waals surface area contributed by atoms with Crippen molar-refractivity contribution in [2.75, 3.05) is 6.54 Å². The van der Waals surface area contributed by atoms with Crippen molar-refractivity contribution in [2.45, 2.75) is 13.5 Å². The van der Waals surface area contributed by atoms with E-state index in [-0.39, 0.29) is 5.91 Å². The molecule has 4 heteroatoms. The molecule has 1 aromatic carbocycles. The Morgan fingerprint density at radius 3 is 2.76 bits per heavy atom. The van der Waals surface area contributed by atoms with Crippen LogP contribution < -0.4 is 0 Å². The molecule has 0 unspecified atom stereocenters. The summed E-state index contributed by atoms with van der Waals surface area (Å²) in [4.78, 5) is 18.7. The van der Waals surface area contributed by atoms with Crippen LogP contribution in [0.5, 0.6) is 0 Å². The Kier molecular flexibility index (Phi) is 3.69. The van der Waals surface area contributed by atoms with Gasteiger partial charge in [-0.25, -0.2) is 4.98 Å². The van der Waals surface area contributed by atoms with Gasteiger partial charge in [0.15, 0.2) is 0 Å². The van der Waals surface area contributed by atoms with Gasteiger partial charge >= 0.3 is 0 Å². The molecule has 2 aromatic heterocycles. The Balaban J connectivity index is 1.84. The summed E-state index contributed by atoms with van der Waals surface area (Å²) in [6.45, 7) is 3.30. The number of amides is 1. The minimum absolute atomic E-state index is 0.0388. The predicted octanol–water partition coefficient (Wildman–Crippen LogP) is 3.00. The normalized spacial score (nSPS) is 10.7. The molecule has 0 aliphatic carbocycles. The lowest BCUT2D eigenvalue weighted by molar-refractivity contribution is 0.0752. The molecule has 0 spiro atoms. The second kappa shape index (κ2) is 5.79. The van der Waals surface area contributed by atoms with Gasteiger partial charge in [-0.05, 0) is 24.6 Å². The summed E-state index contributed by atoms with van der Waals surface area (Å²) in [5.74, 6) is 0.0388. The molecule has 3 aromatic rings. The van der Waals surface area contributed by atoms with Crippen LogP contribution in [0.3, 0.4) is 0 Å². The van der Waals surface area contributed by atoms with Crippen molar-refractivity contribution in [1.29, 1.82) is 0 Å². The monoisotopic (exact) mass is 279 g/mol. The lowest BCUT2D eigenvalue weighted by atomic mass is 10.2. The molecular weight excluding hydrogens is 262 g/mol. The van der Waals surface area contributed by atoms with Crippen LogP contribution in [0, 0.1) is 0 Å². The highest BCUT2D eigenvalue weighted by atomic mass is 16.2. The highest BCUT2D eigenvalue weighted by molar-refractivity contribution is 5.94. The summed E-state index contributed by atoms with van der Waals surface area (Å²) < 4.78 is 1.86. The van der Waals surface area contributed by atoms with E-state index in [9.17, 15) is 4.79 Å². The third-order valence-electron chi connectivity index (χ3n) is 3.52. The van der Waals surface area contributed by atoms with Crippen LogP contribution >= 0.6 is 0 Å². The molecule has 21 heavy (non-hydrogen) atoms. The lowest BCUT2D eigenvalue weighted by Crippen LogP contribution is -2.30. The van der Waals surface area contributed by atoms with Crippen molar-refractivity contribution < 1.29 is 4.79 Å². The number of fused-ring (bicyclic) bond motifs is 1. The summed E-state index contributed by atoms with van der Waals surface area (Å²) in [5, 5.41) is 0. The maximum atomic E-state index is 12.6. The van der Waals surface area contributed by atoms with Crippen molar-refractivity contribution in [2.24, 2.45) is 0 Å². The zero-order valence-electron chi connectivity index (χ0n) is 11.9. The van der Waals surface area contributed by atoms with Gasteiger partial charge in [-0.3, -0.25) is 4.79 Å². The van der Waals surface area contributed by atoms with Crippen molar-refractivity contribution in [3.63, 3.8) is 0 Å². The molecule has 1 amide bonds. The Morgan fingerprint density at radius 1 is 1.19 bits per heavy atom. The molecule has 0 saturated carbocycles. The molecule has 0 saturated heterocycles. The zero-order chi connectivity index (χ0) is 14.7. The first kappa shape index (κ1) is 13.4. The lowest BCUT2D eigenvalue weighted by Gasteiger charge is -2.21. The van der Waals surface area contributed by atoms with Crippen LogP contribution in [0.4, 0.5) is 0 Å². The third kappa shape index (κ3) is 2.79. The largest absolute Gasteiger partial charge is 0.335 e.